The van der Waals surface area contributed by atoms with Gasteiger partial charge in [-0.3, -0.25) is 18.7 Å². The molecule has 0 radical (unpaired) electrons. The van der Waals surface area contributed by atoms with Crippen molar-refractivity contribution in [2.75, 3.05) is 5.73 Å². The lowest BCUT2D eigenvalue weighted by Crippen LogP contribution is -2.41. The molecule has 3 N–H and O–H groups in total. The average Bonchev–Trinajstić information content (AvgIpc) is 2.55. The lowest BCUT2D eigenvalue weighted by Gasteiger charge is -2.08. The van der Waals surface area contributed by atoms with Gasteiger partial charge in [-0.15, -0.1) is 0 Å². The summed E-state index contributed by atoms with van der Waals surface area (Å²) in [5.74, 6) is -0.383. The van der Waals surface area contributed by atoms with E-state index in [-0.39, 0.29) is 23.8 Å². The molecule has 0 aliphatic carbocycles. The molecular formula is C14H17N6O3+. The number of hydrogen-bond donors (Lipinski definition) is 2. The van der Waals surface area contributed by atoms with Crippen molar-refractivity contribution in [1.29, 1.82) is 0 Å². The SMILES string of the molecule is Cn1c(N)c(/C=N/NC(=O)C[n+]2ccccc2)c(=O)n(C)c1=O. The third kappa shape index (κ3) is 3.51. The Morgan fingerprint density at radius 3 is 2.57 bits per heavy atom. The molecule has 120 valence electrons. The molecule has 9 heteroatoms. The number of nitrogens with zero attached hydrogens (tertiary/aromatic N) is 4. The van der Waals surface area contributed by atoms with Gasteiger partial charge in [0.25, 0.3) is 5.56 Å². The number of pyridine rings is 1. The summed E-state index contributed by atoms with van der Waals surface area (Å²) < 4.78 is 3.72. The zero-order chi connectivity index (χ0) is 17.0. The highest BCUT2D eigenvalue weighted by molar-refractivity contribution is 5.86. The van der Waals surface area contributed by atoms with Crippen molar-refractivity contribution in [2.45, 2.75) is 6.54 Å². The first-order chi connectivity index (χ1) is 10.9. The number of carbonyl (C=O) groups is 1. The van der Waals surface area contributed by atoms with Crippen molar-refractivity contribution in [3.63, 3.8) is 0 Å². The second kappa shape index (κ2) is 6.69. The largest absolute Gasteiger partial charge is 0.384 e. The first kappa shape index (κ1) is 16.1. The maximum absolute atomic E-state index is 12.0. The van der Waals surface area contributed by atoms with Gasteiger partial charge in [0.1, 0.15) is 11.4 Å². The number of anilines is 1. The molecule has 0 aromatic carbocycles. The third-order valence-electron chi connectivity index (χ3n) is 3.23. The summed E-state index contributed by atoms with van der Waals surface area (Å²) in [6.45, 7) is 0.0823. The predicted molar refractivity (Wildman–Crippen MR) is 83.7 cm³/mol. The monoisotopic (exact) mass is 317 g/mol. The number of hydrazone groups is 1. The smallest absolute Gasteiger partial charge is 0.332 e. The Kier molecular flexibility index (Phi) is 4.69. The highest BCUT2D eigenvalue weighted by atomic mass is 16.2. The zero-order valence-electron chi connectivity index (χ0n) is 12.8. The average molecular weight is 317 g/mol. The molecule has 2 aromatic rings. The minimum absolute atomic E-state index is 0.0199. The second-order valence-corrected chi connectivity index (χ2v) is 4.85. The van der Waals surface area contributed by atoms with Crippen molar-refractivity contribution in [1.82, 2.24) is 14.6 Å². The number of amides is 1. The van der Waals surface area contributed by atoms with Gasteiger partial charge in [-0.1, -0.05) is 6.07 Å². The van der Waals surface area contributed by atoms with E-state index in [1.165, 1.54) is 14.1 Å². The van der Waals surface area contributed by atoms with Gasteiger partial charge in [0, 0.05) is 26.2 Å². The normalized spacial score (nSPS) is 10.9. The second-order valence-electron chi connectivity index (χ2n) is 4.85. The Hall–Kier alpha value is -3.23. The van der Waals surface area contributed by atoms with E-state index >= 15 is 0 Å². The van der Waals surface area contributed by atoms with E-state index in [0.29, 0.717) is 0 Å². The van der Waals surface area contributed by atoms with Gasteiger partial charge in [-0.2, -0.15) is 9.67 Å². The van der Waals surface area contributed by atoms with Crippen LogP contribution in [0.25, 0.3) is 0 Å². The van der Waals surface area contributed by atoms with Crippen LogP contribution in [0.2, 0.25) is 0 Å². The molecule has 0 aliphatic heterocycles. The van der Waals surface area contributed by atoms with E-state index < -0.39 is 11.2 Å². The van der Waals surface area contributed by atoms with Crippen LogP contribution in [0.4, 0.5) is 5.82 Å². The number of nitrogens with two attached hydrogens (primary N) is 1. The number of hydrogen-bond acceptors (Lipinski definition) is 5. The minimum atomic E-state index is -0.582. The van der Waals surface area contributed by atoms with E-state index in [9.17, 15) is 14.4 Å². The van der Waals surface area contributed by atoms with E-state index in [1.54, 1.807) is 29.1 Å². The standard InChI is InChI=1S/C14H16N6O3/c1-18-12(15)10(13(22)19(2)14(18)23)8-16-17-11(21)9-20-6-4-3-5-7-20/h3-8H,9H2,1-2H3,(H2-,15,16,17,21,22)/p+1. The van der Waals surface area contributed by atoms with Gasteiger partial charge < -0.3 is 5.73 Å². The summed E-state index contributed by atoms with van der Waals surface area (Å²) in [5, 5.41) is 3.72. The molecule has 0 saturated heterocycles. The van der Waals surface area contributed by atoms with Crippen LogP contribution in [0, 0.1) is 0 Å². The molecular weight excluding hydrogens is 300 g/mol. The van der Waals surface area contributed by atoms with Crippen LogP contribution in [-0.4, -0.2) is 21.3 Å². The third-order valence-corrected chi connectivity index (χ3v) is 3.23. The Morgan fingerprint density at radius 1 is 1.26 bits per heavy atom. The van der Waals surface area contributed by atoms with E-state index in [2.05, 4.69) is 10.5 Å². The molecule has 1 amide bonds. The summed E-state index contributed by atoms with van der Waals surface area (Å²) in [5.41, 5.74) is 6.96. The van der Waals surface area contributed by atoms with E-state index in [4.69, 9.17) is 5.73 Å². The lowest BCUT2D eigenvalue weighted by molar-refractivity contribution is -0.684. The minimum Gasteiger partial charge on any atom is -0.384 e. The molecule has 0 saturated carbocycles. The van der Waals surface area contributed by atoms with Crippen LogP contribution in [0.3, 0.4) is 0 Å². The van der Waals surface area contributed by atoms with Crippen LogP contribution in [0.5, 0.6) is 0 Å². The summed E-state index contributed by atoms with van der Waals surface area (Å²) in [6.07, 6.45) is 4.61. The Morgan fingerprint density at radius 2 is 1.91 bits per heavy atom. The van der Waals surface area contributed by atoms with E-state index in [1.807, 2.05) is 6.07 Å². The van der Waals surface area contributed by atoms with Crippen molar-refractivity contribution >= 4 is 17.9 Å². The van der Waals surface area contributed by atoms with Crippen LogP contribution in [-0.2, 0) is 25.4 Å². The Bertz CT molecular complexity index is 867. The van der Waals surface area contributed by atoms with Gasteiger partial charge in [0.05, 0.1) is 6.21 Å². The molecule has 0 atom stereocenters. The fourth-order valence-corrected chi connectivity index (χ4v) is 1.92. The van der Waals surface area contributed by atoms with Gasteiger partial charge >= 0.3 is 11.6 Å². The maximum atomic E-state index is 12.0. The van der Waals surface area contributed by atoms with Crippen LogP contribution < -0.4 is 27.0 Å². The topological polar surface area (TPSA) is 115 Å². The number of rotatable bonds is 4. The first-order valence-corrected chi connectivity index (χ1v) is 6.73. The van der Waals surface area contributed by atoms with Crippen LogP contribution in [0.1, 0.15) is 5.56 Å². The van der Waals surface area contributed by atoms with Gasteiger partial charge in [0.15, 0.2) is 12.4 Å². The molecule has 2 heterocycles. The number of aromatic nitrogens is 3. The van der Waals surface area contributed by atoms with Crippen molar-refractivity contribution in [2.24, 2.45) is 19.2 Å². The van der Waals surface area contributed by atoms with Gasteiger partial charge in [0.2, 0.25) is 6.54 Å². The fraction of sp³-hybridized carbons (Fsp3) is 0.214. The molecule has 2 aromatic heterocycles. The number of carbonyl (C=O) groups excluding carboxylic acids is 1. The quantitative estimate of drug-likeness (QED) is 0.389. The van der Waals surface area contributed by atoms with Crippen molar-refractivity contribution in [3.05, 3.63) is 57.0 Å². The Labute approximate surface area is 131 Å². The van der Waals surface area contributed by atoms with Crippen molar-refractivity contribution in [3.8, 4) is 0 Å². The summed E-state index contributed by atoms with van der Waals surface area (Å²) >= 11 is 0. The summed E-state index contributed by atoms with van der Waals surface area (Å²) in [4.78, 5) is 35.4. The van der Waals surface area contributed by atoms with Crippen molar-refractivity contribution < 1.29 is 9.36 Å². The molecule has 0 fully saturated rings. The molecule has 0 aliphatic rings. The number of nitrogen functional groups attached to an aromatic ring is 1. The zero-order valence-corrected chi connectivity index (χ0v) is 12.8. The molecule has 23 heavy (non-hydrogen) atoms. The first-order valence-electron chi connectivity index (χ1n) is 6.73. The van der Waals surface area contributed by atoms with Gasteiger partial charge in [-0.05, 0) is 0 Å². The van der Waals surface area contributed by atoms with Crippen LogP contribution >= 0.6 is 0 Å². The molecule has 0 bridgehead atoms. The predicted octanol–water partition coefficient (Wildman–Crippen LogP) is -1.90. The fourth-order valence-electron chi connectivity index (χ4n) is 1.92. The molecule has 9 nitrogen and oxygen atoms in total. The van der Waals surface area contributed by atoms with E-state index in [0.717, 1.165) is 15.3 Å². The maximum Gasteiger partial charge on any atom is 0.332 e. The number of nitrogens with one attached hydrogen (secondary N) is 1. The lowest BCUT2D eigenvalue weighted by atomic mass is 10.3. The summed E-state index contributed by atoms with van der Waals surface area (Å²) in [6, 6.07) is 5.43. The highest BCUT2D eigenvalue weighted by Crippen LogP contribution is 1.98. The Balaban J connectivity index is 2.14. The molecule has 0 spiro atoms. The summed E-state index contributed by atoms with van der Waals surface area (Å²) in [7, 11) is 2.78. The van der Waals surface area contributed by atoms with Gasteiger partial charge in [-0.25, -0.2) is 10.2 Å². The van der Waals surface area contributed by atoms with Crippen LogP contribution in [0.15, 0.2) is 45.3 Å². The highest BCUT2D eigenvalue weighted by Gasteiger charge is 2.12. The molecule has 0 unspecified atom stereocenters. The molecule has 2 rings (SSSR count).